The fourth-order valence-corrected chi connectivity index (χ4v) is 0.789. The predicted octanol–water partition coefficient (Wildman–Crippen LogP) is -0.986. The van der Waals surface area contributed by atoms with Crippen molar-refractivity contribution in [2.75, 3.05) is 26.2 Å². The molecule has 0 aliphatic carbocycles. The van der Waals surface area contributed by atoms with Crippen LogP contribution in [0.4, 0.5) is 0 Å². The van der Waals surface area contributed by atoms with Gasteiger partial charge in [-0.25, -0.2) is 0 Å². The quantitative estimate of drug-likeness (QED) is 0.364. The lowest BCUT2D eigenvalue weighted by atomic mass is 10.5. The maximum Gasteiger partial charge on any atom is 0.239 e. The Hall–Kier alpha value is -1.36. The van der Waals surface area contributed by atoms with E-state index in [2.05, 4.69) is 22.5 Å². The van der Waals surface area contributed by atoms with Crippen molar-refractivity contribution in [2.45, 2.75) is 6.92 Å². The van der Waals surface area contributed by atoms with Gasteiger partial charge < -0.3 is 16.0 Å². The molecule has 0 saturated heterocycles. The second kappa shape index (κ2) is 8.25. The van der Waals surface area contributed by atoms with Gasteiger partial charge in [0.2, 0.25) is 11.8 Å². The molecular weight excluding hydrogens is 182 g/mol. The van der Waals surface area contributed by atoms with E-state index in [0.29, 0.717) is 13.1 Å². The van der Waals surface area contributed by atoms with Crippen molar-refractivity contribution in [3.05, 3.63) is 12.7 Å². The lowest BCUT2D eigenvalue weighted by Crippen LogP contribution is -2.40. The van der Waals surface area contributed by atoms with Gasteiger partial charge in [0, 0.05) is 13.1 Å². The molecule has 0 aromatic rings. The van der Waals surface area contributed by atoms with Crippen LogP contribution in [0.3, 0.4) is 0 Å². The van der Waals surface area contributed by atoms with E-state index in [0.717, 1.165) is 0 Å². The molecule has 0 spiro atoms. The maximum absolute atomic E-state index is 11.0. The van der Waals surface area contributed by atoms with E-state index in [1.807, 2.05) is 6.92 Å². The highest BCUT2D eigenvalue weighted by atomic mass is 16.2. The van der Waals surface area contributed by atoms with Crippen LogP contribution in [0, 0.1) is 0 Å². The minimum atomic E-state index is -0.196. The molecule has 0 fully saturated rings. The first kappa shape index (κ1) is 12.6. The smallest absolute Gasteiger partial charge is 0.239 e. The summed E-state index contributed by atoms with van der Waals surface area (Å²) < 4.78 is 0. The predicted molar refractivity (Wildman–Crippen MR) is 54.8 cm³/mol. The molecule has 5 heteroatoms. The van der Waals surface area contributed by atoms with E-state index in [1.54, 1.807) is 6.08 Å². The first-order valence-electron chi connectivity index (χ1n) is 4.55. The largest absolute Gasteiger partial charge is 0.355 e. The van der Waals surface area contributed by atoms with Crippen molar-refractivity contribution in [1.82, 2.24) is 16.0 Å². The summed E-state index contributed by atoms with van der Waals surface area (Å²) in [6.07, 6.45) is 1.66. The first-order chi connectivity index (χ1) is 6.70. The zero-order valence-electron chi connectivity index (χ0n) is 8.43. The first-order valence-corrected chi connectivity index (χ1v) is 4.55. The Kier molecular flexibility index (Phi) is 7.45. The molecule has 0 rings (SSSR count). The summed E-state index contributed by atoms with van der Waals surface area (Å²) in [7, 11) is 0. The molecule has 5 nitrogen and oxygen atoms in total. The van der Waals surface area contributed by atoms with Crippen LogP contribution < -0.4 is 16.0 Å². The molecule has 0 bridgehead atoms. The van der Waals surface area contributed by atoms with Crippen molar-refractivity contribution in [3.8, 4) is 0 Å². The lowest BCUT2D eigenvalue weighted by molar-refractivity contribution is -0.125. The fourth-order valence-electron chi connectivity index (χ4n) is 0.789. The van der Waals surface area contributed by atoms with Crippen molar-refractivity contribution < 1.29 is 9.59 Å². The molecule has 0 aliphatic heterocycles. The molecule has 80 valence electrons. The van der Waals surface area contributed by atoms with Crippen molar-refractivity contribution in [1.29, 1.82) is 0 Å². The van der Waals surface area contributed by atoms with Gasteiger partial charge in [-0.15, -0.1) is 6.58 Å². The standard InChI is InChI=1S/C9H17N3O2/c1-3-5-10-6-8(13)12-7-9(14)11-4-2/h3,10H,1,4-7H2,2H3,(H,11,14)(H,12,13). The number of amides is 2. The van der Waals surface area contributed by atoms with Gasteiger partial charge in [-0.1, -0.05) is 6.08 Å². The third-order valence-corrected chi connectivity index (χ3v) is 1.39. The highest BCUT2D eigenvalue weighted by Gasteiger charge is 2.02. The normalized spacial score (nSPS) is 9.21. The zero-order chi connectivity index (χ0) is 10.8. The van der Waals surface area contributed by atoms with E-state index in [4.69, 9.17) is 0 Å². The summed E-state index contributed by atoms with van der Waals surface area (Å²) in [5.74, 6) is -0.373. The van der Waals surface area contributed by atoms with Gasteiger partial charge in [0.15, 0.2) is 0 Å². The highest BCUT2D eigenvalue weighted by Crippen LogP contribution is 1.67. The molecule has 0 heterocycles. The van der Waals surface area contributed by atoms with Crippen LogP contribution in [-0.2, 0) is 9.59 Å². The van der Waals surface area contributed by atoms with Crippen molar-refractivity contribution in [3.63, 3.8) is 0 Å². The van der Waals surface area contributed by atoms with Gasteiger partial charge in [-0.3, -0.25) is 9.59 Å². The number of rotatable bonds is 7. The molecule has 0 atom stereocenters. The van der Waals surface area contributed by atoms with E-state index in [9.17, 15) is 9.59 Å². The van der Waals surface area contributed by atoms with E-state index in [1.165, 1.54) is 0 Å². The Morgan fingerprint density at radius 3 is 2.43 bits per heavy atom. The van der Waals surface area contributed by atoms with Crippen LogP contribution in [0.1, 0.15) is 6.92 Å². The molecule has 0 radical (unpaired) electrons. The van der Waals surface area contributed by atoms with Crippen LogP contribution in [0.15, 0.2) is 12.7 Å². The summed E-state index contributed by atoms with van der Waals surface area (Å²) in [4.78, 5) is 22.0. The molecular formula is C9H17N3O2. The number of hydrogen-bond acceptors (Lipinski definition) is 3. The molecule has 0 aromatic heterocycles. The lowest BCUT2D eigenvalue weighted by Gasteiger charge is -2.05. The number of nitrogens with one attached hydrogen (secondary N) is 3. The molecule has 0 saturated carbocycles. The van der Waals surface area contributed by atoms with Gasteiger partial charge in [-0.2, -0.15) is 0 Å². The molecule has 14 heavy (non-hydrogen) atoms. The SMILES string of the molecule is C=CCNCC(=O)NCC(=O)NCC. The summed E-state index contributed by atoms with van der Waals surface area (Å²) in [5.41, 5.74) is 0. The number of hydrogen-bond donors (Lipinski definition) is 3. The summed E-state index contributed by atoms with van der Waals surface area (Å²) in [6, 6.07) is 0. The zero-order valence-corrected chi connectivity index (χ0v) is 8.43. The van der Waals surface area contributed by atoms with Crippen LogP contribution in [0.2, 0.25) is 0 Å². The summed E-state index contributed by atoms with van der Waals surface area (Å²) in [5, 5.41) is 7.89. The van der Waals surface area contributed by atoms with Gasteiger partial charge in [0.25, 0.3) is 0 Å². The number of likely N-dealkylation sites (N-methyl/N-ethyl adjacent to an activating group) is 1. The van der Waals surface area contributed by atoms with Crippen LogP contribution >= 0.6 is 0 Å². The third-order valence-electron chi connectivity index (χ3n) is 1.39. The minimum absolute atomic E-state index is 0.0302. The van der Waals surface area contributed by atoms with Crippen molar-refractivity contribution in [2.24, 2.45) is 0 Å². The second-order valence-electron chi connectivity index (χ2n) is 2.65. The average molecular weight is 199 g/mol. The fraction of sp³-hybridized carbons (Fsp3) is 0.556. The molecule has 0 unspecified atom stereocenters. The summed E-state index contributed by atoms with van der Waals surface area (Å²) >= 11 is 0. The topological polar surface area (TPSA) is 70.2 Å². The minimum Gasteiger partial charge on any atom is -0.355 e. The Balaban J connectivity index is 3.43. The number of carbonyl (C=O) groups is 2. The molecule has 2 amide bonds. The average Bonchev–Trinajstić information content (AvgIpc) is 2.16. The Bertz CT molecular complexity index is 204. The molecule has 0 aromatic carbocycles. The monoisotopic (exact) mass is 199 g/mol. The van der Waals surface area contributed by atoms with Crippen LogP contribution in [-0.4, -0.2) is 38.0 Å². The highest BCUT2D eigenvalue weighted by molar-refractivity contribution is 5.85. The molecule has 3 N–H and O–H groups in total. The summed E-state index contributed by atoms with van der Waals surface area (Å²) in [6.45, 7) is 6.70. The van der Waals surface area contributed by atoms with E-state index >= 15 is 0 Å². The van der Waals surface area contributed by atoms with Crippen LogP contribution in [0.5, 0.6) is 0 Å². The second-order valence-corrected chi connectivity index (χ2v) is 2.65. The van der Waals surface area contributed by atoms with Crippen LogP contribution in [0.25, 0.3) is 0 Å². The van der Waals surface area contributed by atoms with Crippen molar-refractivity contribution >= 4 is 11.8 Å². The van der Waals surface area contributed by atoms with E-state index in [-0.39, 0.29) is 24.9 Å². The van der Waals surface area contributed by atoms with Gasteiger partial charge in [0.05, 0.1) is 13.1 Å². The van der Waals surface area contributed by atoms with Gasteiger partial charge in [0.1, 0.15) is 0 Å². The third kappa shape index (κ3) is 7.30. The maximum atomic E-state index is 11.0. The Morgan fingerprint density at radius 1 is 1.21 bits per heavy atom. The van der Waals surface area contributed by atoms with Gasteiger partial charge in [-0.05, 0) is 6.92 Å². The van der Waals surface area contributed by atoms with Gasteiger partial charge >= 0.3 is 0 Å². The molecule has 0 aliphatic rings. The Labute approximate surface area is 83.9 Å². The Morgan fingerprint density at radius 2 is 1.86 bits per heavy atom. The number of carbonyl (C=O) groups excluding carboxylic acids is 2. The van der Waals surface area contributed by atoms with E-state index < -0.39 is 0 Å².